The Morgan fingerprint density at radius 3 is 2.65 bits per heavy atom. The maximum Gasteiger partial charge on any atom is 0.335 e. The van der Waals surface area contributed by atoms with Crippen LogP contribution < -0.4 is 4.72 Å². The fourth-order valence-corrected chi connectivity index (χ4v) is 4.50. The first-order valence-electron chi connectivity index (χ1n) is 7.47. The van der Waals surface area contributed by atoms with E-state index in [1.54, 1.807) is 29.1 Å². The number of anilines is 1. The number of carbonyl (C=O) groups is 1. The van der Waals surface area contributed by atoms with Crippen LogP contribution in [-0.2, 0) is 16.6 Å². The van der Waals surface area contributed by atoms with Gasteiger partial charge in [-0.25, -0.2) is 13.2 Å². The number of rotatable bonds is 6. The summed E-state index contributed by atoms with van der Waals surface area (Å²) in [5, 5.41) is 13.1. The van der Waals surface area contributed by atoms with Gasteiger partial charge in [-0.05, 0) is 57.9 Å². The Labute approximate surface area is 158 Å². The van der Waals surface area contributed by atoms with Gasteiger partial charge in [-0.3, -0.25) is 9.40 Å². The number of nitrogens with one attached hydrogen (secondary N) is 1. The summed E-state index contributed by atoms with van der Waals surface area (Å²) in [7, 11) is -3.88. The molecular weight excluding hydrogens is 422 g/mol. The zero-order valence-corrected chi connectivity index (χ0v) is 15.7. The summed E-state index contributed by atoms with van der Waals surface area (Å²) in [6, 6.07) is 12.5. The molecule has 3 rings (SSSR count). The molecule has 0 atom stereocenters. The maximum atomic E-state index is 12.6. The van der Waals surface area contributed by atoms with Gasteiger partial charge in [0.15, 0.2) is 0 Å². The van der Waals surface area contributed by atoms with Crippen LogP contribution in [0.15, 0.2) is 70.3 Å². The topological polar surface area (TPSA) is 101 Å². The molecule has 26 heavy (non-hydrogen) atoms. The highest BCUT2D eigenvalue weighted by Gasteiger charge is 2.19. The number of carboxylic acids is 1. The summed E-state index contributed by atoms with van der Waals surface area (Å²) in [5.74, 6) is -1.13. The van der Waals surface area contributed by atoms with Crippen molar-refractivity contribution in [3.05, 3.63) is 76.5 Å². The zero-order valence-electron chi connectivity index (χ0n) is 13.3. The summed E-state index contributed by atoms with van der Waals surface area (Å²) >= 11 is 3.12. The lowest BCUT2D eigenvalue weighted by molar-refractivity contribution is 0.0696. The van der Waals surface area contributed by atoms with Crippen molar-refractivity contribution >= 4 is 37.6 Å². The van der Waals surface area contributed by atoms with Gasteiger partial charge < -0.3 is 5.11 Å². The van der Waals surface area contributed by atoms with Crippen molar-refractivity contribution in [3.8, 4) is 0 Å². The van der Waals surface area contributed by atoms with Crippen LogP contribution in [0.3, 0.4) is 0 Å². The largest absolute Gasteiger partial charge is 0.478 e. The number of benzene rings is 2. The summed E-state index contributed by atoms with van der Waals surface area (Å²) in [4.78, 5) is 10.9. The molecule has 1 heterocycles. The minimum atomic E-state index is -3.88. The second kappa shape index (κ2) is 7.30. The van der Waals surface area contributed by atoms with E-state index in [9.17, 15) is 13.2 Å². The summed E-state index contributed by atoms with van der Waals surface area (Å²) in [6.45, 7) is 0.513. The molecule has 0 aliphatic heterocycles. The highest BCUT2D eigenvalue weighted by molar-refractivity contribution is 9.10. The molecule has 9 heteroatoms. The lowest BCUT2D eigenvalue weighted by Gasteiger charge is -2.11. The smallest absolute Gasteiger partial charge is 0.335 e. The Hall–Kier alpha value is -2.65. The zero-order chi connectivity index (χ0) is 18.7. The molecule has 3 aromatic rings. The first-order valence-corrected chi connectivity index (χ1v) is 9.75. The van der Waals surface area contributed by atoms with Gasteiger partial charge in [-0.1, -0.05) is 12.1 Å². The maximum absolute atomic E-state index is 12.6. The van der Waals surface area contributed by atoms with E-state index in [4.69, 9.17) is 5.11 Å². The minimum absolute atomic E-state index is 0.00274. The summed E-state index contributed by atoms with van der Waals surface area (Å²) in [6.07, 6.45) is 3.49. The van der Waals surface area contributed by atoms with E-state index in [1.807, 2.05) is 18.3 Å². The lowest BCUT2D eigenvalue weighted by Crippen LogP contribution is -2.14. The van der Waals surface area contributed by atoms with Crippen LogP contribution in [0.4, 0.5) is 5.69 Å². The number of aromatic carboxylic acids is 1. The van der Waals surface area contributed by atoms with Gasteiger partial charge in [0.1, 0.15) is 4.90 Å². The number of sulfonamides is 1. The Morgan fingerprint density at radius 2 is 2.00 bits per heavy atom. The Morgan fingerprint density at radius 1 is 1.19 bits per heavy atom. The SMILES string of the molecule is O=C(O)c1ccc(S(=O)(=O)Nc2cccc(Cn3cccn3)c2)c(Br)c1. The first kappa shape index (κ1) is 18.2. The highest BCUT2D eigenvalue weighted by Crippen LogP contribution is 2.26. The van der Waals surface area contributed by atoms with Crippen molar-refractivity contribution in [2.24, 2.45) is 0 Å². The van der Waals surface area contributed by atoms with E-state index in [1.165, 1.54) is 18.2 Å². The molecule has 0 saturated carbocycles. The van der Waals surface area contributed by atoms with Gasteiger partial charge in [0.05, 0.1) is 12.1 Å². The summed E-state index contributed by atoms with van der Waals surface area (Å²) in [5.41, 5.74) is 1.29. The standard InChI is InChI=1S/C17H14BrN3O4S/c18-15-10-13(17(22)23)5-6-16(15)26(24,25)20-14-4-1-3-12(9-14)11-21-8-2-7-19-21/h1-10,20H,11H2,(H,22,23). The fourth-order valence-electron chi connectivity index (χ4n) is 2.38. The van der Waals surface area contributed by atoms with E-state index in [0.717, 1.165) is 5.56 Å². The van der Waals surface area contributed by atoms with E-state index < -0.39 is 16.0 Å². The van der Waals surface area contributed by atoms with Crippen molar-refractivity contribution in [3.63, 3.8) is 0 Å². The van der Waals surface area contributed by atoms with Crippen molar-refractivity contribution in [1.82, 2.24) is 9.78 Å². The Balaban J connectivity index is 1.84. The minimum Gasteiger partial charge on any atom is -0.478 e. The van der Waals surface area contributed by atoms with Crippen LogP contribution >= 0.6 is 15.9 Å². The third-order valence-corrected chi connectivity index (χ3v) is 5.91. The van der Waals surface area contributed by atoms with Gasteiger partial charge in [-0.2, -0.15) is 5.10 Å². The molecule has 0 spiro atoms. The third kappa shape index (κ3) is 4.12. The van der Waals surface area contributed by atoms with Crippen molar-refractivity contribution in [2.45, 2.75) is 11.4 Å². The number of halogens is 1. The molecule has 2 aromatic carbocycles. The van der Waals surface area contributed by atoms with Gasteiger partial charge in [0, 0.05) is 22.6 Å². The lowest BCUT2D eigenvalue weighted by atomic mass is 10.2. The number of carboxylic acid groups (broad SMARTS) is 1. The van der Waals surface area contributed by atoms with Gasteiger partial charge >= 0.3 is 5.97 Å². The fraction of sp³-hybridized carbons (Fsp3) is 0.0588. The number of nitrogens with zero attached hydrogens (tertiary/aromatic N) is 2. The van der Waals surface area contributed by atoms with E-state index in [0.29, 0.717) is 12.2 Å². The molecule has 0 amide bonds. The van der Waals surface area contributed by atoms with Crippen molar-refractivity contribution in [1.29, 1.82) is 0 Å². The second-order valence-electron chi connectivity index (χ2n) is 5.46. The molecule has 7 nitrogen and oxygen atoms in total. The summed E-state index contributed by atoms with van der Waals surface area (Å²) < 4.78 is 29.7. The van der Waals surface area contributed by atoms with Gasteiger partial charge in [0.2, 0.25) is 0 Å². The van der Waals surface area contributed by atoms with E-state index in [2.05, 4.69) is 25.8 Å². The Bertz CT molecular complexity index is 1050. The molecule has 0 saturated heterocycles. The van der Waals surface area contributed by atoms with E-state index >= 15 is 0 Å². The average molecular weight is 436 g/mol. The molecule has 0 unspecified atom stereocenters. The van der Waals surface area contributed by atoms with Gasteiger partial charge in [-0.15, -0.1) is 0 Å². The quantitative estimate of drug-likeness (QED) is 0.618. The van der Waals surface area contributed by atoms with Crippen molar-refractivity contribution in [2.75, 3.05) is 4.72 Å². The highest BCUT2D eigenvalue weighted by atomic mass is 79.9. The molecular formula is C17H14BrN3O4S. The molecule has 134 valence electrons. The first-order chi connectivity index (χ1) is 12.3. The van der Waals surface area contributed by atoms with Gasteiger partial charge in [0.25, 0.3) is 10.0 Å². The second-order valence-corrected chi connectivity index (χ2v) is 7.97. The van der Waals surface area contributed by atoms with Crippen LogP contribution in [0.2, 0.25) is 0 Å². The van der Waals surface area contributed by atoms with Crippen LogP contribution in [0.1, 0.15) is 15.9 Å². The molecule has 1 aromatic heterocycles. The average Bonchev–Trinajstić information content (AvgIpc) is 3.07. The molecule has 0 aliphatic carbocycles. The monoisotopic (exact) mass is 435 g/mol. The predicted octanol–water partition coefficient (Wildman–Crippen LogP) is 3.19. The molecule has 0 bridgehead atoms. The third-order valence-electron chi connectivity index (χ3n) is 3.55. The number of hydrogen-bond acceptors (Lipinski definition) is 4. The number of hydrogen-bond donors (Lipinski definition) is 2. The molecule has 2 N–H and O–H groups in total. The van der Waals surface area contributed by atoms with Crippen LogP contribution in [0.5, 0.6) is 0 Å². The predicted molar refractivity (Wildman–Crippen MR) is 99.7 cm³/mol. The molecule has 0 aliphatic rings. The van der Waals surface area contributed by atoms with Crippen molar-refractivity contribution < 1.29 is 18.3 Å². The Kier molecular flexibility index (Phi) is 5.10. The molecule has 0 radical (unpaired) electrons. The molecule has 0 fully saturated rings. The van der Waals surface area contributed by atoms with Crippen LogP contribution in [0, 0.1) is 0 Å². The van der Waals surface area contributed by atoms with Crippen LogP contribution in [-0.4, -0.2) is 29.3 Å². The van der Waals surface area contributed by atoms with Crippen LogP contribution in [0.25, 0.3) is 0 Å². The van der Waals surface area contributed by atoms with E-state index in [-0.39, 0.29) is 14.9 Å². The normalized spacial score (nSPS) is 11.3. The number of aromatic nitrogens is 2.